The Kier molecular flexibility index (Phi) is 4.20. The van der Waals surface area contributed by atoms with Crippen molar-refractivity contribution in [2.45, 2.75) is 26.0 Å². The number of carbonyl (C=O) groups is 1. The summed E-state index contributed by atoms with van der Waals surface area (Å²) >= 11 is 0. The van der Waals surface area contributed by atoms with Crippen LogP contribution >= 0.6 is 0 Å². The number of esters is 1. The normalized spacial score (nSPS) is 13.8. The fourth-order valence-electron chi connectivity index (χ4n) is 2.01. The van der Waals surface area contributed by atoms with Gasteiger partial charge in [0.2, 0.25) is 5.60 Å². The van der Waals surface area contributed by atoms with E-state index in [1.54, 1.807) is 23.9 Å². The quantitative estimate of drug-likeness (QED) is 0.843. The van der Waals surface area contributed by atoms with Crippen LogP contribution in [0.4, 0.5) is 0 Å². The first-order valence-corrected chi connectivity index (χ1v) is 6.51. The zero-order valence-corrected chi connectivity index (χ0v) is 11.6. The highest BCUT2D eigenvalue weighted by Crippen LogP contribution is 2.21. The Morgan fingerprint density at radius 2 is 2.10 bits per heavy atom. The van der Waals surface area contributed by atoms with Crippen molar-refractivity contribution < 1.29 is 14.6 Å². The number of nitrogens with zero attached hydrogens (tertiary/aromatic N) is 2. The Hall–Kier alpha value is -2.14. The molecule has 106 valence electrons. The van der Waals surface area contributed by atoms with Gasteiger partial charge in [0.1, 0.15) is 0 Å². The number of aromatic nitrogens is 2. The van der Waals surface area contributed by atoms with Crippen LogP contribution in [0.15, 0.2) is 42.7 Å². The van der Waals surface area contributed by atoms with Crippen molar-refractivity contribution in [2.75, 3.05) is 6.61 Å². The summed E-state index contributed by atoms with van der Waals surface area (Å²) in [5, 5.41) is 10.4. The highest BCUT2D eigenvalue weighted by atomic mass is 16.5. The standard InChI is InChI=1S/C15H18N2O3/c1-3-20-14(18)15(2,19)13-16-9-10-17(13)11-12-7-5-4-6-8-12/h4-10,19H,3,11H2,1-2H3. The third kappa shape index (κ3) is 2.88. The van der Waals surface area contributed by atoms with Crippen LogP contribution in [0.5, 0.6) is 0 Å². The third-order valence-corrected chi connectivity index (χ3v) is 3.02. The molecule has 0 radical (unpaired) electrons. The van der Waals surface area contributed by atoms with Gasteiger partial charge in [-0.25, -0.2) is 9.78 Å². The van der Waals surface area contributed by atoms with Gasteiger partial charge < -0.3 is 14.4 Å². The molecule has 0 aliphatic rings. The molecule has 1 atom stereocenters. The molecule has 1 N–H and O–H groups in total. The predicted octanol–water partition coefficient (Wildman–Crippen LogP) is 1.70. The zero-order valence-electron chi connectivity index (χ0n) is 11.6. The molecule has 0 spiro atoms. The van der Waals surface area contributed by atoms with E-state index in [4.69, 9.17) is 4.74 Å². The van der Waals surface area contributed by atoms with Gasteiger partial charge in [-0.1, -0.05) is 30.3 Å². The summed E-state index contributed by atoms with van der Waals surface area (Å²) in [5.74, 6) is -0.416. The lowest BCUT2D eigenvalue weighted by molar-refractivity contribution is -0.165. The second kappa shape index (κ2) is 5.88. The Balaban J connectivity index is 2.26. The molecule has 1 aromatic heterocycles. The maximum atomic E-state index is 11.8. The van der Waals surface area contributed by atoms with E-state index in [0.717, 1.165) is 5.56 Å². The second-order valence-electron chi connectivity index (χ2n) is 4.66. The van der Waals surface area contributed by atoms with Crippen LogP contribution < -0.4 is 0 Å². The summed E-state index contributed by atoms with van der Waals surface area (Å²) in [4.78, 5) is 15.9. The molecule has 2 rings (SSSR count). The van der Waals surface area contributed by atoms with Crippen molar-refractivity contribution in [3.05, 3.63) is 54.1 Å². The third-order valence-electron chi connectivity index (χ3n) is 3.02. The van der Waals surface area contributed by atoms with Crippen LogP contribution in [0, 0.1) is 0 Å². The van der Waals surface area contributed by atoms with Gasteiger partial charge in [-0.05, 0) is 19.4 Å². The van der Waals surface area contributed by atoms with Crippen LogP contribution in [-0.4, -0.2) is 27.2 Å². The topological polar surface area (TPSA) is 64.3 Å². The Morgan fingerprint density at radius 1 is 1.40 bits per heavy atom. The maximum Gasteiger partial charge on any atom is 0.345 e. The lowest BCUT2D eigenvalue weighted by Crippen LogP contribution is -2.37. The van der Waals surface area contributed by atoms with Crippen molar-refractivity contribution in [1.29, 1.82) is 0 Å². The van der Waals surface area contributed by atoms with Gasteiger partial charge in [-0.15, -0.1) is 0 Å². The minimum atomic E-state index is -1.76. The van der Waals surface area contributed by atoms with E-state index < -0.39 is 11.6 Å². The summed E-state index contributed by atoms with van der Waals surface area (Å²) < 4.78 is 6.64. The van der Waals surface area contributed by atoms with E-state index in [0.29, 0.717) is 6.54 Å². The lowest BCUT2D eigenvalue weighted by Gasteiger charge is -2.21. The number of aliphatic hydroxyl groups is 1. The molecule has 0 aliphatic heterocycles. The van der Waals surface area contributed by atoms with Gasteiger partial charge in [0.15, 0.2) is 5.82 Å². The molecule has 5 nitrogen and oxygen atoms in total. The summed E-state index contributed by atoms with van der Waals surface area (Å²) in [7, 11) is 0. The molecule has 1 unspecified atom stereocenters. The Morgan fingerprint density at radius 3 is 2.75 bits per heavy atom. The average Bonchev–Trinajstić information content (AvgIpc) is 2.89. The molecule has 1 aromatic carbocycles. The molecule has 0 amide bonds. The number of rotatable bonds is 5. The summed E-state index contributed by atoms with van der Waals surface area (Å²) in [6.45, 7) is 3.85. The number of imidazole rings is 1. The van der Waals surface area contributed by atoms with E-state index in [2.05, 4.69) is 4.98 Å². The van der Waals surface area contributed by atoms with Crippen LogP contribution in [0.3, 0.4) is 0 Å². The van der Waals surface area contributed by atoms with Gasteiger partial charge in [0.05, 0.1) is 6.61 Å². The SMILES string of the molecule is CCOC(=O)C(C)(O)c1nccn1Cc1ccccc1. The molecule has 2 aromatic rings. The van der Waals surface area contributed by atoms with Gasteiger partial charge in [-0.3, -0.25) is 0 Å². The monoisotopic (exact) mass is 274 g/mol. The first-order valence-electron chi connectivity index (χ1n) is 6.51. The van der Waals surface area contributed by atoms with Crippen LogP contribution in [-0.2, 0) is 21.7 Å². The summed E-state index contributed by atoms with van der Waals surface area (Å²) in [6.07, 6.45) is 3.29. The molecule has 0 bridgehead atoms. The van der Waals surface area contributed by atoms with E-state index in [1.165, 1.54) is 6.92 Å². The smallest absolute Gasteiger partial charge is 0.345 e. The van der Waals surface area contributed by atoms with Gasteiger partial charge in [0, 0.05) is 18.9 Å². The van der Waals surface area contributed by atoms with Crippen molar-refractivity contribution in [3.63, 3.8) is 0 Å². The largest absolute Gasteiger partial charge is 0.464 e. The molecule has 0 saturated heterocycles. The predicted molar refractivity (Wildman–Crippen MR) is 74.0 cm³/mol. The van der Waals surface area contributed by atoms with Crippen LogP contribution in [0.2, 0.25) is 0 Å². The van der Waals surface area contributed by atoms with E-state index in [1.807, 2.05) is 30.3 Å². The fourth-order valence-corrected chi connectivity index (χ4v) is 2.01. The number of ether oxygens (including phenoxy) is 1. The minimum absolute atomic E-state index is 0.217. The number of hydrogen-bond donors (Lipinski definition) is 1. The van der Waals surface area contributed by atoms with Crippen LogP contribution in [0.25, 0.3) is 0 Å². The molecule has 0 fully saturated rings. The van der Waals surface area contributed by atoms with Gasteiger partial charge in [0.25, 0.3) is 0 Å². The Bertz CT molecular complexity index is 576. The van der Waals surface area contributed by atoms with Gasteiger partial charge in [-0.2, -0.15) is 0 Å². The van der Waals surface area contributed by atoms with Crippen molar-refractivity contribution in [1.82, 2.24) is 9.55 Å². The van der Waals surface area contributed by atoms with Crippen molar-refractivity contribution in [3.8, 4) is 0 Å². The molecular formula is C15H18N2O3. The first kappa shape index (κ1) is 14.3. The van der Waals surface area contributed by atoms with E-state index in [-0.39, 0.29) is 12.4 Å². The summed E-state index contributed by atoms with van der Waals surface area (Å²) in [6, 6.07) is 9.77. The van der Waals surface area contributed by atoms with Crippen LogP contribution in [0.1, 0.15) is 25.2 Å². The molecule has 0 saturated carbocycles. The lowest BCUT2D eigenvalue weighted by atomic mass is 10.1. The number of hydrogen-bond acceptors (Lipinski definition) is 4. The molecule has 1 heterocycles. The highest BCUT2D eigenvalue weighted by Gasteiger charge is 2.38. The highest BCUT2D eigenvalue weighted by molar-refractivity contribution is 5.79. The number of carbonyl (C=O) groups excluding carboxylic acids is 1. The maximum absolute atomic E-state index is 11.8. The van der Waals surface area contributed by atoms with Crippen molar-refractivity contribution >= 4 is 5.97 Å². The van der Waals surface area contributed by atoms with E-state index in [9.17, 15) is 9.90 Å². The second-order valence-corrected chi connectivity index (χ2v) is 4.66. The average molecular weight is 274 g/mol. The van der Waals surface area contributed by atoms with E-state index >= 15 is 0 Å². The Labute approximate surface area is 117 Å². The molecule has 0 aliphatic carbocycles. The van der Waals surface area contributed by atoms with Gasteiger partial charge >= 0.3 is 5.97 Å². The molecule has 20 heavy (non-hydrogen) atoms. The fraction of sp³-hybridized carbons (Fsp3) is 0.333. The molecular weight excluding hydrogens is 256 g/mol. The molecule has 5 heteroatoms. The zero-order chi connectivity index (χ0) is 14.6. The first-order chi connectivity index (χ1) is 9.55. The minimum Gasteiger partial charge on any atom is -0.464 e. The van der Waals surface area contributed by atoms with Crippen molar-refractivity contribution in [2.24, 2.45) is 0 Å². The summed E-state index contributed by atoms with van der Waals surface area (Å²) in [5.41, 5.74) is -0.694. The number of benzene rings is 1.